The van der Waals surface area contributed by atoms with Crippen molar-refractivity contribution in [2.45, 2.75) is 38.8 Å². The number of phosphoric ester groups is 2. The molecule has 204 valence electrons. The van der Waals surface area contributed by atoms with Gasteiger partial charge < -0.3 is 38.1 Å². The lowest BCUT2D eigenvalue weighted by atomic mass is 10.3. The van der Waals surface area contributed by atoms with Gasteiger partial charge in [-0.3, -0.25) is 18.2 Å². The largest absolute Gasteiger partial charge is 0.756 e. The fraction of sp³-hybridized carbons (Fsp3) is 0.737. The predicted octanol–water partition coefficient (Wildman–Crippen LogP) is 0.737. The van der Waals surface area contributed by atoms with Gasteiger partial charge in [0.2, 0.25) is 0 Å². The maximum atomic E-state index is 12.5. The van der Waals surface area contributed by atoms with Crippen LogP contribution in [0, 0.1) is 0 Å². The maximum absolute atomic E-state index is 12.5. The first-order valence-electron chi connectivity index (χ1n) is 12.5. The number of nitrogens with zero attached hydrogens (tertiary/aromatic N) is 5. The maximum Gasteiger partial charge on any atom is 0.269 e. The molecule has 15 nitrogen and oxygen atoms in total. The lowest BCUT2D eigenvalue weighted by molar-refractivity contribution is -0.233. The zero-order chi connectivity index (χ0) is 27.8. The molecule has 2 aromatic rings. The Kier molecular flexibility index (Phi) is 10.1. The van der Waals surface area contributed by atoms with Crippen molar-refractivity contribution in [3.63, 3.8) is 0 Å². The molecule has 0 radical (unpaired) electrons. The van der Waals surface area contributed by atoms with Crippen LogP contribution in [0.1, 0.15) is 41.6 Å². The number of aromatic nitrogens is 4. The standard InChI is InChI=1S/C19H33N5O10P2/c1-2-5-16(34-36(28,29)33-11-4-10-32-35(26,27)31-9-3-8-25)24-15-22-17-18(20-14-21-19(17)24)23-6-12-30-13-7-23/h14-16,25H,2-13H2,1H3,(H,26,27)(H,28,29)/p-2/i8T,10T. The molecule has 5 atom stereocenters. The molecule has 1 saturated heterocycles. The van der Waals surface area contributed by atoms with Crippen molar-refractivity contribution in [2.75, 3.05) is 57.6 Å². The van der Waals surface area contributed by atoms with Crippen molar-refractivity contribution in [2.24, 2.45) is 0 Å². The molecule has 0 spiro atoms. The van der Waals surface area contributed by atoms with Crippen molar-refractivity contribution in [3.05, 3.63) is 12.7 Å². The van der Waals surface area contributed by atoms with Crippen LogP contribution >= 0.6 is 15.6 Å². The topological polar surface area (TPSA) is 193 Å². The number of morpholine rings is 1. The number of phosphoric acid groups is 2. The number of imidazole rings is 1. The van der Waals surface area contributed by atoms with E-state index in [9.17, 15) is 18.9 Å². The molecule has 1 aliphatic rings. The van der Waals surface area contributed by atoms with Crippen molar-refractivity contribution in [3.8, 4) is 0 Å². The molecule has 0 aliphatic carbocycles. The fourth-order valence-corrected chi connectivity index (χ4v) is 4.90. The second kappa shape index (κ2) is 13.9. The first-order chi connectivity index (χ1) is 18.0. The van der Waals surface area contributed by atoms with Gasteiger partial charge in [0.05, 0.1) is 42.1 Å². The minimum Gasteiger partial charge on any atom is -0.756 e. The quantitative estimate of drug-likeness (QED) is 0.285. The second-order valence-corrected chi connectivity index (χ2v) is 10.3. The molecule has 0 bridgehead atoms. The van der Waals surface area contributed by atoms with Gasteiger partial charge in [-0.2, -0.15) is 0 Å². The molecule has 2 aromatic heterocycles. The summed E-state index contributed by atoms with van der Waals surface area (Å²) in [7, 11) is -9.79. The average molecular weight is 555 g/mol. The Morgan fingerprint density at radius 1 is 1.14 bits per heavy atom. The molecule has 0 amide bonds. The molecule has 0 saturated carbocycles. The van der Waals surface area contributed by atoms with E-state index in [1.54, 1.807) is 0 Å². The van der Waals surface area contributed by atoms with Gasteiger partial charge >= 0.3 is 0 Å². The highest BCUT2D eigenvalue weighted by atomic mass is 31.2. The van der Waals surface area contributed by atoms with Gasteiger partial charge in [-0.15, -0.1) is 0 Å². The fourth-order valence-electron chi connectivity index (χ4n) is 3.33. The van der Waals surface area contributed by atoms with E-state index in [-0.39, 0.29) is 12.8 Å². The Morgan fingerprint density at radius 2 is 1.86 bits per heavy atom. The normalized spacial score (nSPS) is 21.3. The molecule has 36 heavy (non-hydrogen) atoms. The molecule has 3 heterocycles. The number of fused-ring (bicyclic) bond motifs is 1. The number of aliphatic hydroxyl groups excluding tert-OH is 1. The molecule has 0 aromatic carbocycles. The smallest absolute Gasteiger partial charge is 0.269 e. The third kappa shape index (κ3) is 8.52. The number of hydrogen-bond donors (Lipinski definition) is 1. The monoisotopic (exact) mass is 555 g/mol. The van der Waals surface area contributed by atoms with Gasteiger partial charge in [0.1, 0.15) is 12.6 Å². The summed E-state index contributed by atoms with van der Waals surface area (Å²) in [5, 5.41) is 8.81. The van der Waals surface area contributed by atoms with E-state index < -0.39 is 54.7 Å². The van der Waals surface area contributed by atoms with Gasteiger partial charge in [-0.1, -0.05) is 13.3 Å². The lowest BCUT2D eigenvalue weighted by Gasteiger charge is -2.29. The number of hydrogen-bond acceptors (Lipinski definition) is 14. The van der Waals surface area contributed by atoms with Crippen LogP contribution in [-0.4, -0.2) is 77.3 Å². The van der Waals surface area contributed by atoms with E-state index in [4.69, 9.17) is 21.6 Å². The van der Waals surface area contributed by atoms with Crippen molar-refractivity contribution in [1.82, 2.24) is 19.5 Å². The number of ether oxygens (including phenoxy) is 1. The van der Waals surface area contributed by atoms with Gasteiger partial charge in [-0.25, -0.2) is 15.0 Å². The van der Waals surface area contributed by atoms with Crippen LogP contribution in [0.3, 0.4) is 0 Å². The molecule has 1 N–H and O–H groups in total. The van der Waals surface area contributed by atoms with Crippen LogP contribution in [-0.2, 0) is 32.0 Å². The first kappa shape index (κ1) is 26.1. The van der Waals surface area contributed by atoms with Crippen LogP contribution in [0.5, 0.6) is 0 Å². The summed E-state index contributed by atoms with van der Waals surface area (Å²) >= 11 is 0. The molecule has 3 rings (SSSR count). The van der Waals surface area contributed by atoms with Crippen LogP contribution < -0.4 is 14.7 Å². The summed E-state index contributed by atoms with van der Waals surface area (Å²) in [5.74, 6) is 0.603. The Bertz CT molecular complexity index is 1120. The highest BCUT2D eigenvalue weighted by Crippen LogP contribution is 2.45. The van der Waals surface area contributed by atoms with Gasteiger partial charge in [0, 0.05) is 19.7 Å². The predicted molar refractivity (Wildman–Crippen MR) is 123 cm³/mol. The molecular weight excluding hydrogens is 520 g/mol. The summed E-state index contributed by atoms with van der Waals surface area (Å²) in [6.45, 7) is -0.131. The Hall–Kier alpha value is -1.51. The van der Waals surface area contributed by atoms with E-state index in [1.807, 2.05) is 11.8 Å². The van der Waals surface area contributed by atoms with E-state index in [1.165, 1.54) is 17.2 Å². The summed E-state index contributed by atoms with van der Waals surface area (Å²) in [4.78, 5) is 39.2. The zero-order valence-corrected chi connectivity index (χ0v) is 21.5. The number of anilines is 1. The van der Waals surface area contributed by atoms with E-state index >= 15 is 0 Å². The van der Waals surface area contributed by atoms with E-state index in [2.05, 4.69) is 24.0 Å². The molecule has 17 heteroatoms. The summed E-state index contributed by atoms with van der Waals surface area (Å²) in [6.07, 6.45) is 1.90. The van der Waals surface area contributed by atoms with Crippen LogP contribution in [0.15, 0.2) is 12.7 Å². The molecule has 5 unspecified atom stereocenters. The zero-order valence-electron chi connectivity index (χ0n) is 21.7. The minimum atomic E-state index is -4.91. The van der Waals surface area contributed by atoms with Crippen LogP contribution in [0.2, 0.25) is 0 Å². The Labute approximate surface area is 211 Å². The van der Waals surface area contributed by atoms with Crippen molar-refractivity contribution < 1.29 is 49.6 Å². The average Bonchev–Trinajstić information content (AvgIpc) is 3.27. The summed E-state index contributed by atoms with van der Waals surface area (Å²) < 4.78 is 64.7. The SMILES string of the molecule is [3H]C(O)CCOP(=O)([O-])OC([3H])CCOP(=O)([O-])OC(CCC)n1cnc2c(N3CCOCC3)ncnc21. The van der Waals surface area contributed by atoms with Crippen molar-refractivity contribution >= 4 is 32.6 Å². The minimum absolute atomic E-state index is 0.274. The van der Waals surface area contributed by atoms with Crippen molar-refractivity contribution in [1.29, 1.82) is 0 Å². The van der Waals surface area contributed by atoms with E-state index in [0.29, 0.717) is 49.7 Å². The molecule has 1 aliphatic heterocycles. The third-order valence-electron chi connectivity index (χ3n) is 4.93. The highest BCUT2D eigenvalue weighted by Gasteiger charge is 2.24. The lowest BCUT2D eigenvalue weighted by Crippen LogP contribution is -2.37. The Balaban J connectivity index is 1.59. The van der Waals surface area contributed by atoms with Gasteiger partial charge in [0.15, 0.2) is 17.0 Å². The van der Waals surface area contributed by atoms with Gasteiger partial charge in [-0.05, 0) is 19.3 Å². The number of rotatable bonds is 16. The molecule has 1 fully saturated rings. The summed E-state index contributed by atoms with van der Waals surface area (Å²) in [6, 6.07) is 0. The highest BCUT2D eigenvalue weighted by molar-refractivity contribution is 7.46. The van der Waals surface area contributed by atoms with Gasteiger partial charge in [0.25, 0.3) is 15.6 Å². The van der Waals surface area contributed by atoms with E-state index in [0.717, 1.165) is 0 Å². The second-order valence-electron chi connectivity index (χ2n) is 7.56. The van der Waals surface area contributed by atoms with Crippen LogP contribution in [0.25, 0.3) is 11.2 Å². The molecular formula is C19H31N5O10P2-2. The van der Waals surface area contributed by atoms with Crippen LogP contribution in [0.4, 0.5) is 5.82 Å². The Morgan fingerprint density at radius 3 is 2.58 bits per heavy atom. The summed E-state index contributed by atoms with van der Waals surface area (Å²) in [5.41, 5.74) is 0.861. The first-order valence-corrected chi connectivity index (χ1v) is 14.2. The number of aliphatic hydroxyl groups is 1. The third-order valence-corrected chi connectivity index (χ3v) is 6.84.